The summed E-state index contributed by atoms with van der Waals surface area (Å²) in [5.74, 6) is 0.853. The zero-order chi connectivity index (χ0) is 20.7. The molecule has 0 bridgehead atoms. The number of aliphatic hydroxyl groups is 1. The summed E-state index contributed by atoms with van der Waals surface area (Å²) in [6.07, 6.45) is 8.00. The number of anilines is 2. The van der Waals surface area contributed by atoms with Crippen LogP contribution in [-0.4, -0.2) is 63.7 Å². The zero-order valence-electron chi connectivity index (χ0n) is 17.0. The van der Waals surface area contributed by atoms with E-state index in [0.29, 0.717) is 5.69 Å². The van der Waals surface area contributed by atoms with Crippen molar-refractivity contribution in [1.29, 1.82) is 0 Å². The number of amides is 1. The van der Waals surface area contributed by atoms with Gasteiger partial charge < -0.3 is 24.6 Å². The molecular formula is C21H26N6O2S. The van der Waals surface area contributed by atoms with Crippen molar-refractivity contribution in [2.75, 3.05) is 36.0 Å². The standard InChI is InChI=1S/C21H26N6O2S/c1-14-2-7-25-11-6-22-19(18(14)25)27-8-3-15(12-27)23-20(29)17-13-30-21(24-17)26-9-4-16(28)5-10-26/h2,6-7,11,13,15-16,28H,3-5,8-10,12H2,1H3,(H,23,29)/t15-/m0/s1. The molecule has 2 saturated heterocycles. The molecule has 2 aliphatic rings. The Kier molecular flexibility index (Phi) is 5.08. The number of nitrogens with one attached hydrogen (secondary N) is 1. The van der Waals surface area contributed by atoms with E-state index in [2.05, 4.69) is 42.5 Å². The highest BCUT2D eigenvalue weighted by atomic mass is 32.1. The molecule has 30 heavy (non-hydrogen) atoms. The first-order chi connectivity index (χ1) is 14.6. The van der Waals surface area contributed by atoms with E-state index in [1.54, 1.807) is 0 Å². The molecule has 2 fully saturated rings. The van der Waals surface area contributed by atoms with Crippen LogP contribution in [-0.2, 0) is 0 Å². The first-order valence-corrected chi connectivity index (χ1v) is 11.3. The van der Waals surface area contributed by atoms with Gasteiger partial charge in [-0.05, 0) is 37.8 Å². The van der Waals surface area contributed by atoms with Crippen LogP contribution in [0, 0.1) is 6.92 Å². The van der Waals surface area contributed by atoms with Gasteiger partial charge in [0.2, 0.25) is 0 Å². The number of hydrogen-bond acceptors (Lipinski definition) is 7. The largest absolute Gasteiger partial charge is 0.393 e. The second-order valence-corrected chi connectivity index (χ2v) is 8.98. The van der Waals surface area contributed by atoms with Gasteiger partial charge in [0.25, 0.3) is 5.91 Å². The summed E-state index contributed by atoms with van der Waals surface area (Å²) in [6, 6.07) is 2.17. The molecule has 0 radical (unpaired) electrons. The van der Waals surface area contributed by atoms with E-state index in [9.17, 15) is 9.90 Å². The third-order valence-corrected chi connectivity index (χ3v) is 6.94. The van der Waals surface area contributed by atoms with Crippen molar-refractivity contribution < 1.29 is 9.90 Å². The number of carbonyl (C=O) groups excluding carboxylic acids is 1. The van der Waals surface area contributed by atoms with Gasteiger partial charge >= 0.3 is 0 Å². The molecule has 2 N–H and O–H groups in total. The number of carbonyl (C=O) groups is 1. The summed E-state index contributed by atoms with van der Waals surface area (Å²) >= 11 is 1.49. The SMILES string of the molecule is Cc1ccn2ccnc(N3CC[C@H](NC(=O)c4csc(N5CCC(O)CC5)n4)C3)c12. The van der Waals surface area contributed by atoms with Gasteiger partial charge in [-0.25, -0.2) is 9.97 Å². The molecule has 5 heterocycles. The molecule has 0 spiro atoms. The number of aliphatic hydroxyl groups excluding tert-OH is 1. The first kappa shape index (κ1) is 19.3. The van der Waals surface area contributed by atoms with Crippen molar-refractivity contribution in [3.8, 4) is 0 Å². The van der Waals surface area contributed by atoms with Gasteiger partial charge in [-0.15, -0.1) is 11.3 Å². The average molecular weight is 427 g/mol. The summed E-state index contributed by atoms with van der Waals surface area (Å²) < 4.78 is 2.10. The Balaban J connectivity index is 1.23. The second-order valence-electron chi connectivity index (χ2n) is 8.14. The summed E-state index contributed by atoms with van der Waals surface area (Å²) in [7, 11) is 0. The quantitative estimate of drug-likeness (QED) is 0.664. The summed E-state index contributed by atoms with van der Waals surface area (Å²) in [6.45, 7) is 5.26. The van der Waals surface area contributed by atoms with E-state index in [1.165, 1.54) is 16.9 Å². The van der Waals surface area contributed by atoms with E-state index in [0.717, 1.165) is 61.9 Å². The van der Waals surface area contributed by atoms with Crippen LogP contribution in [0.5, 0.6) is 0 Å². The van der Waals surface area contributed by atoms with Crippen molar-refractivity contribution in [1.82, 2.24) is 19.7 Å². The van der Waals surface area contributed by atoms with Crippen molar-refractivity contribution >= 4 is 33.7 Å². The molecule has 0 saturated carbocycles. The van der Waals surface area contributed by atoms with Gasteiger partial charge in [0.05, 0.1) is 11.6 Å². The van der Waals surface area contributed by atoms with Crippen LogP contribution in [0.3, 0.4) is 0 Å². The van der Waals surface area contributed by atoms with Crippen molar-refractivity contribution in [3.63, 3.8) is 0 Å². The Morgan fingerprint density at radius 1 is 1.20 bits per heavy atom. The van der Waals surface area contributed by atoms with Crippen LogP contribution >= 0.6 is 11.3 Å². The van der Waals surface area contributed by atoms with Gasteiger partial charge in [0.15, 0.2) is 10.9 Å². The molecule has 1 amide bonds. The van der Waals surface area contributed by atoms with Gasteiger partial charge in [0.1, 0.15) is 5.69 Å². The summed E-state index contributed by atoms with van der Waals surface area (Å²) in [5.41, 5.74) is 2.80. The maximum atomic E-state index is 12.8. The monoisotopic (exact) mass is 426 g/mol. The van der Waals surface area contributed by atoms with E-state index >= 15 is 0 Å². The Morgan fingerprint density at radius 3 is 2.83 bits per heavy atom. The minimum Gasteiger partial charge on any atom is -0.393 e. The molecule has 5 rings (SSSR count). The van der Waals surface area contributed by atoms with Gasteiger partial charge in [-0.2, -0.15) is 0 Å². The minimum atomic E-state index is -0.217. The fourth-order valence-electron chi connectivity index (χ4n) is 4.33. The maximum Gasteiger partial charge on any atom is 0.271 e. The van der Waals surface area contributed by atoms with Gasteiger partial charge in [-0.1, -0.05) is 0 Å². The lowest BCUT2D eigenvalue weighted by atomic mass is 10.1. The van der Waals surface area contributed by atoms with Crippen LogP contribution in [0.2, 0.25) is 0 Å². The molecule has 0 unspecified atom stereocenters. The molecule has 8 nitrogen and oxygen atoms in total. The smallest absolute Gasteiger partial charge is 0.271 e. The van der Waals surface area contributed by atoms with E-state index < -0.39 is 0 Å². The number of rotatable bonds is 4. The fraction of sp³-hybridized carbons (Fsp3) is 0.476. The number of piperidine rings is 1. The average Bonchev–Trinajstić information content (AvgIpc) is 3.49. The fourth-order valence-corrected chi connectivity index (χ4v) is 5.19. The van der Waals surface area contributed by atoms with E-state index in [-0.39, 0.29) is 18.1 Å². The predicted octanol–water partition coefficient (Wildman–Crippen LogP) is 2.07. The van der Waals surface area contributed by atoms with Gasteiger partial charge in [-0.3, -0.25) is 4.79 Å². The Bertz CT molecular complexity index is 1050. The second kappa shape index (κ2) is 7.88. The van der Waals surface area contributed by atoms with Crippen molar-refractivity contribution in [2.45, 2.75) is 38.3 Å². The molecule has 158 valence electrons. The maximum absolute atomic E-state index is 12.8. The highest BCUT2D eigenvalue weighted by molar-refractivity contribution is 7.13. The number of fused-ring (bicyclic) bond motifs is 1. The number of hydrogen-bond donors (Lipinski definition) is 2. The summed E-state index contributed by atoms with van der Waals surface area (Å²) in [5, 5.41) is 15.5. The third kappa shape index (κ3) is 3.63. The first-order valence-electron chi connectivity index (χ1n) is 10.4. The van der Waals surface area contributed by atoms with Crippen LogP contribution in [0.25, 0.3) is 5.52 Å². The normalized spacial score (nSPS) is 20.3. The van der Waals surface area contributed by atoms with Crippen molar-refractivity contribution in [2.24, 2.45) is 0 Å². The van der Waals surface area contributed by atoms with Crippen LogP contribution in [0.1, 0.15) is 35.3 Å². The molecule has 3 aromatic rings. The Labute approximate surface area is 179 Å². The Hall–Kier alpha value is -2.65. The number of aromatic nitrogens is 3. The number of nitrogens with zero attached hydrogens (tertiary/aromatic N) is 5. The van der Waals surface area contributed by atoms with Crippen LogP contribution in [0.15, 0.2) is 30.0 Å². The molecule has 1 atom stereocenters. The third-order valence-electron chi connectivity index (χ3n) is 6.04. The minimum absolute atomic E-state index is 0.0742. The number of thiazole rings is 1. The highest BCUT2D eigenvalue weighted by Gasteiger charge is 2.28. The molecule has 2 aliphatic heterocycles. The Morgan fingerprint density at radius 2 is 2.00 bits per heavy atom. The molecule has 3 aromatic heterocycles. The topological polar surface area (TPSA) is 86.0 Å². The number of aryl methyl sites for hydroxylation is 1. The molecule has 0 aromatic carbocycles. The van der Waals surface area contributed by atoms with E-state index in [1.807, 2.05) is 24.0 Å². The summed E-state index contributed by atoms with van der Waals surface area (Å²) in [4.78, 5) is 26.3. The van der Waals surface area contributed by atoms with Crippen LogP contribution < -0.4 is 15.1 Å². The van der Waals surface area contributed by atoms with E-state index in [4.69, 9.17) is 0 Å². The van der Waals surface area contributed by atoms with Crippen molar-refractivity contribution in [3.05, 3.63) is 41.3 Å². The zero-order valence-corrected chi connectivity index (χ0v) is 17.8. The van der Waals surface area contributed by atoms with Crippen LogP contribution in [0.4, 0.5) is 10.9 Å². The predicted molar refractivity (Wildman–Crippen MR) is 118 cm³/mol. The lowest BCUT2D eigenvalue weighted by molar-refractivity contribution is 0.0936. The molecule has 0 aliphatic carbocycles. The van der Waals surface area contributed by atoms with Gasteiger partial charge in [0, 0.05) is 56.2 Å². The lowest BCUT2D eigenvalue weighted by Gasteiger charge is -2.29. The molecular weight excluding hydrogens is 400 g/mol. The lowest BCUT2D eigenvalue weighted by Crippen LogP contribution is -2.38. The highest BCUT2D eigenvalue weighted by Crippen LogP contribution is 2.27. The molecule has 9 heteroatoms.